The lowest BCUT2D eigenvalue weighted by molar-refractivity contribution is -0.255. The Kier molecular flexibility index (Phi) is 5.65. The highest BCUT2D eigenvalue weighted by Crippen LogP contribution is 2.30. The van der Waals surface area contributed by atoms with E-state index >= 15 is 0 Å². The fraction of sp³-hybridized carbons (Fsp3) is 0.909. The molecule has 1 saturated heterocycles. The van der Waals surface area contributed by atoms with E-state index in [0.29, 0.717) is 6.42 Å². The second-order valence-electron chi connectivity index (χ2n) is 3.89. The van der Waals surface area contributed by atoms with Crippen LogP contribution in [0.5, 0.6) is 0 Å². The van der Waals surface area contributed by atoms with Gasteiger partial charge in [0.15, 0.2) is 0 Å². The monoisotopic (exact) mass is 216 g/mol. The van der Waals surface area contributed by atoms with Gasteiger partial charge in [0.05, 0.1) is 25.7 Å². The molecule has 0 radical (unpaired) electrons. The smallest absolute Gasteiger partial charge is 0.345 e. The quantitative estimate of drug-likeness (QED) is 0.270. The minimum atomic E-state index is -0.349. The molecule has 0 bridgehead atoms. The van der Waals surface area contributed by atoms with E-state index in [1.807, 2.05) is 0 Å². The van der Waals surface area contributed by atoms with Gasteiger partial charge in [0, 0.05) is 0 Å². The Balaban J connectivity index is 1.95. The fourth-order valence-corrected chi connectivity index (χ4v) is 1.68. The van der Waals surface area contributed by atoms with Gasteiger partial charge in [-0.3, -0.25) is 4.89 Å². The van der Waals surface area contributed by atoms with Crippen molar-refractivity contribution >= 4 is 5.97 Å². The number of ether oxygens (including phenoxy) is 1. The summed E-state index contributed by atoms with van der Waals surface area (Å²) in [4.78, 5) is 19.6. The molecule has 4 nitrogen and oxygen atoms in total. The molecule has 0 amide bonds. The topological polar surface area (TPSA) is 48.1 Å². The molecule has 0 saturated carbocycles. The molecule has 0 N–H and O–H groups in total. The molecule has 0 spiro atoms. The van der Waals surface area contributed by atoms with Crippen LogP contribution in [0.2, 0.25) is 0 Å². The minimum Gasteiger partial charge on any atom is -0.369 e. The zero-order chi connectivity index (χ0) is 11.1. The minimum absolute atomic E-state index is 0.0641. The average molecular weight is 216 g/mol. The number of hydrogen-bond acceptors (Lipinski definition) is 4. The predicted octanol–water partition coefficient (Wildman–Crippen LogP) is 2.22. The van der Waals surface area contributed by atoms with E-state index in [2.05, 4.69) is 16.7 Å². The normalized spacial score (nSPS) is 23.9. The SMILES string of the molecule is CCCCCCC1OC1CC(=O)OOC. The van der Waals surface area contributed by atoms with Crippen molar-refractivity contribution in [2.24, 2.45) is 0 Å². The number of rotatable bonds is 8. The van der Waals surface area contributed by atoms with Gasteiger partial charge in [-0.2, -0.15) is 4.89 Å². The molecule has 0 aliphatic carbocycles. The molecule has 1 aliphatic rings. The van der Waals surface area contributed by atoms with Crippen LogP contribution in [-0.2, 0) is 19.3 Å². The lowest BCUT2D eigenvalue weighted by Crippen LogP contribution is -2.08. The van der Waals surface area contributed by atoms with Gasteiger partial charge in [-0.05, 0) is 6.42 Å². The van der Waals surface area contributed by atoms with Crippen molar-refractivity contribution in [3.8, 4) is 0 Å². The third kappa shape index (κ3) is 5.14. The van der Waals surface area contributed by atoms with Crippen LogP contribution in [0.25, 0.3) is 0 Å². The van der Waals surface area contributed by atoms with Crippen LogP contribution in [0.1, 0.15) is 45.4 Å². The number of epoxide rings is 1. The van der Waals surface area contributed by atoms with E-state index < -0.39 is 0 Å². The van der Waals surface area contributed by atoms with Crippen molar-refractivity contribution < 1.29 is 19.3 Å². The van der Waals surface area contributed by atoms with Crippen LogP contribution >= 0.6 is 0 Å². The zero-order valence-electron chi connectivity index (χ0n) is 9.53. The van der Waals surface area contributed by atoms with Crippen molar-refractivity contribution in [1.82, 2.24) is 0 Å². The first-order valence-electron chi connectivity index (χ1n) is 5.67. The largest absolute Gasteiger partial charge is 0.369 e. The molecule has 1 rings (SSSR count). The molecule has 1 heterocycles. The molecule has 88 valence electrons. The van der Waals surface area contributed by atoms with Gasteiger partial charge >= 0.3 is 5.97 Å². The number of carbonyl (C=O) groups excluding carboxylic acids is 1. The third-order valence-corrected chi connectivity index (χ3v) is 2.57. The number of unbranched alkanes of at least 4 members (excludes halogenated alkanes) is 3. The highest BCUT2D eigenvalue weighted by Gasteiger charge is 2.40. The van der Waals surface area contributed by atoms with Crippen molar-refractivity contribution in [3.05, 3.63) is 0 Å². The molecule has 2 atom stereocenters. The van der Waals surface area contributed by atoms with Crippen LogP contribution in [0.15, 0.2) is 0 Å². The second kappa shape index (κ2) is 6.80. The van der Waals surface area contributed by atoms with Gasteiger partial charge in [0.1, 0.15) is 0 Å². The third-order valence-electron chi connectivity index (χ3n) is 2.57. The van der Waals surface area contributed by atoms with Gasteiger partial charge in [0.2, 0.25) is 0 Å². The van der Waals surface area contributed by atoms with Crippen LogP contribution in [0.3, 0.4) is 0 Å². The van der Waals surface area contributed by atoms with E-state index in [4.69, 9.17) is 4.74 Å². The maximum atomic E-state index is 11.0. The number of hydrogen-bond donors (Lipinski definition) is 0. The lowest BCUT2D eigenvalue weighted by Gasteiger charge is -1.97. The summed E-state index contributed by atoms with van der Waals surface area (Å²) in [5, 5.41) is 0. The van der Waals surface area contributed by atoms with Crippen LogP contribution in [0.4, 0.5) is 0 Å². The van der Waals surface area contributed by atoms with Gasteiger partial charge in [0.25, 0.3) is 0 Å². The second-order valence-corrected chi connectivity index (χ2v) is 3.89. The van der Waals surface area contributed by atoms with Crippen molar-refractivity contribution in [1.29, 1.82) is 0 Å². The van der Waals surface area contributed by atoms with Gasteiger partial charge in [-0.1, -0.05) is 32.6 Å². The molecule has 2 unspecified atom stereocenters. The standard InChI is InChI=1S/C11H20O4/c1-3-4-5-6-7-9-10(14-9)8-11(12)15-13-2/h9-10H,3-8H2,1-2H3. The molecule has 0 aromatic carbocycles. The maximum absolute atomic E-state index is 11.0. The lowest BCUT2D eigenvalue weighted by atomic mass is 10.1. The summed E-state index contributed by atoms with van der Waals surface area (Å²) < 4.78 is 5.36. The van der Waals surface area contributed by atoms with Crippen molar-refractivity contribution in [2.45, 2.75) is 57.7 Å². The fourth-order valence-electron chi connectivity index (χ4n) is 1.68. The Morgan fingerprint density at radius 3 is 2.73 bits per heavy atom. The van der Waals surface area contributed by atoms with E-state index in [1.165, 1.54) is 32.8 Å². The zero-order valence-corrected chi connectivity index (χ0v) is 9.53. The molecule has 0 aromatic rings. The number of carbonyl (C=O) groups is 1. The Morgan fingerprint density at radius 2 is 2.07 bits per heavy atom. The summed E-state index contributed by atoms with van der Waals surface area (Å²) in [5.74, 6) is -0.349. The maximum Gasteiger partial charge on any atom is 0.345 e. The van der Waals surface area contributed by atoms with E-state index in [0.717, 1.165) is 6.42 Å². The Bertz CT molecular complexity index is 193. The first kappa shape index (κ1) is 12.5. The Hall–Kier alpha value is -0.610. The Morgan fingerprint density at radius 1 is 1.27 bits per heavy atom. The first-order valence-corrected chi connectivity index (χ1v) is 5.67. The summed E-state index contributed by atoms with van der Waals surface area (Å²) in [6.07, 6.45) is 6.68. The average Bonchev–Trinajstić information content (AvgIpc) is 2.92. The van der Waals surface area contributed by atoms with Gasteiger partial charge in [-0.25, -0.2) is 4.79 Å². The summed E-state index contributed by atoms with van der Waals surface area (Å²) in [5.41, 5.74) is 0. The summed E-state index contributed by atoms with van der Waals surface area (Å²) in [6.45, 7) is 2.19. The predicted molar refractivity (Wildman–Crippen MR) is 55.1 cm³/mol. The summed E-state index contributed by atoms with van der Waals surface area (Å²) in [6, 6.07) is 0. The molecule has 1 fully saturated rings. The van der Waals surface area contributed by atoms with E-state index in [-0.39, 0.29) is 18.2 Å². The van der Waals surface area contributed by atoms with Crippen LogP contribution in [0, 0.1) is 0 Å². The highest BCUT2D eigenvalue weighted by atomic mass is 17.2. The summed E-state index contributed by atoms with van der Waals surface area (Å²) in [7, 11) is 1.33. The molecule has 0 aromatic heterocycles. The summed E-state index contributed by atoms with van der Waals surface area (Å²) >= 11 is 0. The molecular formula is C11H20O4. The van der Waals surface area contributed by atoms with Gasteiger partial charge < -0.3 is 4.74 Å². The first-order chi connectivity index (χ1) is 7.27. The highest BCUT2D eigenvalue weighted by molar-refractivity contribution is 5.69. The van der Waals surface area contributed by atoms with E-state index in [9.17, 15) is 4.79 Å². The van der Waals surface area contributed by atoms with Gasteiger partial charge in [-0.15, -0.1) is 0 Å². The molecule has 1 aliphatic heterocycles. The molecular weight excluding hydrogens is 196 g/mol. The Labute approximate surface area is 90.8 Å². The van der Waals surface area contributed by atoms with Crippen LogP contribution < -0.4 is 0 Å². The molecule has 15 heavy (non-hydrogen) atoms. The van der Waals surface area contributed by atoms with Crippen LogP contribution in [-0.4, -0.2) is 25.3 Å². The van der Waals surface area contributed by atoms with Crippen molar-refractivity contribution in [3.63, 3.8) is 0 Å². The molecule has 4 heteroatoms. The van der Waals surface area contributed by atoms with E-state index in [1.54, 1.807) is 0 Å². The van der Waals surface area contributed by atoms with Crippen molar-refractivity contribution in [2.75, 3.05) is 7.11 Å².